The Labute approximate surface area is 433 Å². The number of nitrogens with zero attached hydrogens (tertiary/aromatic N) is 2. The van der Waals surface area contributed by atoms with Crippen molar-refractivity contribution in [2.45, 2.75) is 140 Å². The van der Waals surface area contributed by atoms with E-state index in [-0.39, 0.29) is 72.6 Å². The number of fused-ring (bicyclic) bond motifs is 2. The first-order chi connectivity index (χ1) is 34.4. The highest BCUT2D eigenvalue weighted by atomic mass is 32.2. The van der Waals surface area contributed by atoms with Crippen LogP contribution in [-0.2, 0) is 51.5 Å². The van der Waals surface area contributed by atoms with Crippen LogP contribution in [0.15, 0.2) is 84.9 Å². The minimum absolute atomic E-state index is 0.184. The molecule has 390 valence electrons. The molecule has 0 aromatic heterocycles. The van der Waals surface area contributed by atoms with Gasteiger partial charge in [-0.1, -0.05) is 113 Å². The van der Waals surface area contributed by atoms with E-state index in [0.29, 0.717) is 37.2 Å². The van der Waals surface area contributed by atoms with Crippen LogP contribution in [0.25, 0.3) is 0 Å². The molecule has 0 saturated carbocycles. The summed E-state index contributed by atoms with van der Waals surface area (Å²) in [6, 6.07) is 22.4. The van der Waals surface area contributed by atoms with Gasteiger partial charge in [0.2, 0.25) is 35.4 Å². The molecule has 4 heterocycles. The summed E-state index contributed by atoms with van der Waals surface area (Å²) in [4.78, 5) is 86.4. The highest BCUT2D eigenvalue weighted by Crippen LogP contribution is 2.48. The summed E-state index contributed by atoms with van der Waals surface area (Å²) in [7, 11) is 3.40. The van der Waals surface area contributed by atoms with E-state index in [1.54, 1.807) is 61.3 Å². The number of ether oxygens (including phenoxy) is 2. The molecular formula is C54H74N8O8S2. The van der Waals surface area contributed by atoms with Crippen molar-refractivity contribution >= 4 is 59.0 Å². The summed E-state index contributed by atoms with van der Waals surface area (Å²) in [5.74, 6) is -0.136. The van der Waals surface area contributed by atoms with E-state index in [1.807, 2.05) is 113 Å². The second-order valence-electron chi connectivity index (χ2n) is 20.8. The van der Waals surface area contributed by atoms with Gasteiger partial charge in [0.15, 0.2) is 0 Å². The molecule has 4 aliphatic rings. The van der Waals surface area contributed by atoms with Gasteiger partial charge >= 0.3 is 0 Å². The molecule has 0 spiro atoms. The molecule has 4 aliphatic heterocycles. The van der Waals surface area contributed by atoms with Crippen LogP contribution in [0.5, 0.6) is 0 Å². The fourth-order valence-electron chi connectivity index (χ4n) is 10.2. The Morgan fingerprint density at radius 3 is 1.31 bits per heavy atom. The molecule has 0 bridgehead atoms. The lowest BCUT2D eigenvalue weighted by atomic mass is 9.83. The Hall–Kier alpha value is -4.98. The number of benzene rings is 3. The first kappa shape index (κ1) is 54.8. The van der Waals surface area contributed by atoms with Gasteiger partial charge in [-0.3, -0.25) is 28.8 Å². The lowest BCUT2D eigenvalue weighted by Gasteiger charge is -2.35. The molecule has 3 aromatic carbocycles. The number of amides is 6. The monoisotopic (exact) mass is 1030 g/mol. The quantitative estimate of drug-likeness (QED) is 0.0906. The molecule has 2 unspecified atom stereocenters. The van der Waals surface area contributed by atoms with Crippen LogP contribution in [0.4, 0.5) is 0 Å². The van der Waals surface area contributed by atoms with E-state index in [9.17, 15) is 28.8 Å². The lowest BCUT2D eigenvalue weighted by molar-refractivity contribution is -0.144. The van der Waals surface area contributed by atoms with Crippen molar-refractivity contribution in [1.29, 1.82) is 0 Å². The minimum Gasteiger partial charge on any atom is -0.374 e. The third-order valence-corrected chi connectivity index (χ3v) is 17.0. The van der Waals surface area contributed by atoms with Gasteiger partial charge in [0.25, 0.3) is 0 Å². The average molecular weight is 1030 g/mol. The molecular weight excluding hydrogens is 953 g/mol. The molecule has 16 nitrogen and oxygen atoms in total. The molecule has 4 fully saturated rings. The van der Waals surface area contributed by atoms with Crippen molar-refractivity contribution in [2.75, 3.05) is 38.8 Å². The van der Waals surface area contributed by atoms with Gasteiger partial charge in [0, 0.05) is 0 Å². The Balaban J connectivity index is 0.960. The number of rotatable bonds is 20. The summed E-state index contributed by atoms with van der Waals surface area (Å²) in [6.45, 7) is 12.5. The van der Waals surface area contributed by atoms with Crippen molar-refractivity contribution in [3.8, 4) is 0 Å². The number of nitrogens with one attached hydrogen (secondary N) is 6. The largest absolute Gasteiger partial charge is 0.374 e. The van der Waals surface area contributed by atoms with Crippen molar-refractivity contribution < 1.29 is 38.2 Å². The van der Waals surface area contributed by atoms with Gasteiger partial charge in [0.05, 0.1) is 61.3 Å². The number of hydrogen-bond acceptors (Lipinski definition) is 12. The smallest absolute Gasteiger partial charge is 0.246 e. The van der Waals surface area contributed by atoms with Gasteiger partial charge in [-0.2, -0.15) is 0 Å². The average Bonchev–Trinajstić information content (AvgIpc) is 3.69. The van der Waals surface area contributed by atoms with E-state index >= 15 is 0 Å². The van der Waals surface area contributed by atoms with Gasteiger partial charge in [-0.15, -0.1) is 23.5 Å². The standard InChI is InChI=1S/C54H74N8O8S2/c1-33(55-7)47(63)57-39-23-25-71-43-27-53(3,4)45(61(43)51(39)67)49(65)59-41(37-15-11-9-12-16-37)31-69-29-35-19-21-36(22-20-35)30-70-32-42(38-17-13-10-14-18-38)60-50(66)46-54(5,6)28-44-62(46)52(68)40(24-26-72-44)58-48(64)34(2)56-8/h9-22,33-34,39-46,55-56H,23-32H2,1-8H3,(H,57,63)(H,58,64)(H,59,65)(H,60,66)/t33-,34-,39-,40-,41+,42+,43-,44-,45?,46?/m0/s1. The van der Waals surface area contributed by atoms with Crippen LogP contribution >= 0.6 is 23.5 Å². The topological polar surface area (TPSA) is 200 Å². The maximum absolute atomic E-state index is 14.5. The maximum atomic E-state index is 14.5. The molecule has 0 radical (unpaired) electrons. The summed E-state index contributed by atoms with van der Waals surface area (Å²) < 4.78 is 12.6. The second-order valence-corrected chi connectivity index (χ2v) is 23.4. The Kier molecular flexibility index (Phi) is 18.5. The Morgan fingerprint density at radius 2 is 0.958 bits per heavy atom. The molecule has 7 rings (SSSR count). The van der Waals surface area contributed by atoms with E-state index in [4.69, 9.17) is 9.47 Å². The predicted molar refractivity (Wildman–Crippen MR) is 281 cm³/mol. The molecule has 6 amide bonds. The van der Waals surface area contributed by atoms with Crippen molar-refractivity contribution in [2.24, 2.45) is 10.8 Å². The Bertz CT molecular complexity index is 2200. The third kappa shape index (κ3) is 13.0. The molecule has 6 N–H and O–H groups in total. The molecule has 3 aromatic rings. The number of carbonyl (C=O) groups excluding carboxylic acids is 6. The van der Waals surface area contributed by atoms with Crippen molar-refractivity contribution in [3.05, 3.63) is 107 Å². The van der Waals surface area contributed by atoms with Crippen LogP contribution < -0.4 is 31.9 Å². The molecule has 4 saturated heterocycles. The summed E-state index contributed by atoms with van der Waals surface area (Å²) in [5, 5.41) is 17.8. The van der Waals surface area contributed by atoms with Gasteiger partial charge < -0.3 is 51.2 Å². The first-order valence-electron chi connectivity index (χ1n) is 25.2. The molecule has 72 heavy (non-hydrogen) atoms. The number of thioether (sulfide) groups is 2. The molecule has 10 atom stereocenters. The van der Waals surface area contributed by atoms with E-state index in [0.717, 1.165) is 22.3 Å². The molecule has 0 aliphatic carbocycles. The normalized spacial score (nSPS) is 25.2. The van der Waals surface area contributed by atoms with Crippen LogP contribution in [0.3, 0.4) is 0 Å². The first-order valence-corrected chi connectivity index (χ1v) is 27.3. The fourth-order valence-corrected chi connectivity index (χ4v) is 13.3. The fraction of sp³-hybridized carbons (Fsp3) is 0.556. The zero-order valence-electron chi connectivity index (χ0n) is 42.9. The zero-order chi connectivity index (χ0) is 51.7. The van der Waals surface area contributed by atoms with E-state index < -0.39 is 59.2 Å². The second kappa shape index (κ2) is 24.4. The summed E-state index contributed by atoms with van der Waals surface area (Å²) in [5.41, 5.74) is 2.56. The number of hydrogen-bond donors (Lipinski definition) is 6. The highest BCUT2D eigenvalue weighted by Gasteiger charge is 2.56. The maximum Gasteiger partial charge on any atom is 0.246 e. The van der Waals surface area contributed by atoms with Crippen LogP contribution in [-0.4, -0.2) is 131 Å². The minimum atomic E-state index is -0.750. The van der Waals surface area contributed by atoms with E-state index in [2.05, 4.69) is 31.9 Å². The highest BCUT2D eigenvalue weighted by molar-refractivity contribution is 8.00. The summed E-state index contributed by atoms with van der Waals surface area (Å²) in [6.07, 6.45) is 2.27. The summed E-state index contributed by atoms with van der Waals surface area (Å²) >= 11 is 3.32. The SMILES string of the molecule is CN[C@@H](C)C(=O)N[C@H]1CCS[C@H]2CC(C)(C)C(C(=O)N[C@H](COCc3ccc(COC[C@@H](NC(=O)C4N5C(=O)[C@@H](NC(=O)[C@H](C)NC)CCS[C@H]5CC4(C)C)c4ccccc4)cc3)c3ccccc3)N2C1=O. The van der Waals surface area contributed by atoms with Crippen molar-refractivity contribution in [3.63, 3.8) is 0 Å². The van der Waals surface area contributed by atoms with E-state index in [1.165, 1.54) is 0 Å². The lowest BCUT2D eigenvalue weighted by Crippen LogP contribution is -2.58. The van der Waals surface area contributed by atoms with Gasteiger partial charge in [-0.25, -0.2) is 0 Å². The van der Waals surface area contributed by atoms with Gasteiger partial charge in [-0.05, 0) is 98.2 Å². The Morgan fingerprint density at radius 1 is 0.597 bits per heavy atom. The predicted octanol–water partition coefficient (Wildman–Crippen LogP) is 4.80. The van der Waals surface area contributed by atoms with Crippen LogP contribution in [0, 0.1) is 10.8 Å². The third-order valence-electron chi connectivity index (χ3n) is 14.5. The number of carbonyl (C=O) groups is 6. The van der Waals surface area contributed by atoms with Crippen LogP contribution in [0.2, 0.25) is 0 Å². The number of likely N-dealkylation sites (N-methyl/N-ethyl adjacent to an activating group) is 2. The zero-order valence-corrected chi connectivity index (χ0v) is 44.5. The van der Waals surface area contributed by atoms with Crippen molar-refractivity contribution in [1.82, 2.24) is 41.7 Å². The van der Waals surface area contributed by atoms with Crippen LogP contribution in [0.1, 0.15) is 102 Å². The molecule has 18 heteroatoms. The van der Waals surface area contributed by atoms with Gasteiger partial charge in [0.1, 0.15) is 24.2 Å².